The molecule has 0 N–H and O–H groups in total. The molecule has 0 unspecified atom stereocenters. The molecule has 8 nitrogen and oxygen atoms in total. The molecule has 3 aromatic heterocycles. The van der Waals surface area contributed by atoms with Crippen LogP contribution in [-0.2, 0) is 7.05 Å². The highest BCUT2D eigenvalue weighted by atomic mass is 16.5. The minimum absolute atomic E-state index is 0.0241. The van der Waals surface area contributed by atoms with Gasteiger partial charge in [-0.2, -0.15) is 5.26 Å². The van der Waals surface area contributed by atoms with Crippen molar-refractivity contribution in [1.82, 2.24) is 14.5 Å². The zero-order valence-corrected chi connectivity index (χ0v) is 19.5. The fourth-order valence-electron chi connectivity index (χ4n) is 4.33. The molecule has 0 saturated carbocycles. The lowest BCUT2D eigenvalue weighted by molar-refractivity contribution is 0.104. The second kappa shape index (κ2) is 9.49. The lowest BCUT2D eigenvalue weighted by Gasteiger charge is -2.39. The Hall–Kier alpha value is -3.60. The summed E-state index contributed by atoms with van der Waals surface area (Å²) in [5.41, 5.74) is 2.41. The van der Waals surface area contributed by atoms with E-state index in [0.29, 0.717) is 17.1 Å². The van der Waals surface area contributed by atoms with E-state index in [2.05, 4.69) is 27.9 Å². The van der Waals surface area contributed by atoms with Crippen LogP contribution in [0.2, 0.25) is 0 Å². The average molecular weight is 448 g/mol. The van der Waals surface area contributed by atoms with Crippen molar-refractivity contribution in [2.45, 2.75) is 45.8 Å². The molecule has 0 aromatic carbocycles. The van der Waals surface area contributed by atoms with Crippen LogP contribution >= 0.6 is 0 Å². The number of hydrogen-bond acceptors (Lipinski definition) is 7. The van der Waals surface area contributed by atoms with Crippen molar-refractivity contribution in [3.63, 3.8) is 0 Å². The quantitative estimate of drug-likeness (QED) is 0.569. The summed E-state index contributed by atoms with van der Waals surface area (Å²) in [6.45, 7) is 7.55. The molecule has 4 heterocycles. The van der Waals surface area contributed by atoms with Gasteiger partial charge in [-0.25, -0.2) is 9.97 Å². The molecule has 0 bridgehead atoms. The van der Waals surface area contributed by atoms with Crippen LogP contribution in [0.25, 0.3) is 11.0 Å². The Balaban J connectivity index is 1.56. The van der Waals surface area contributed by atoms with Crippen molar-refractivity contribution < 1.29 is 9.47 Å². The number of ether oxygens (including phenoxy) is 2. The van der Waals surface area contributed by atoms with E-state index in [0.717, 1.165) is 42.9 Å². The molecule has 1 aliphatic heterocycles. The van der Waals surface area contributed by atoms with Crippen molar-refractivity contribution >= 4 is 16.7 Å². The molecule has 4 rings (SSSR count). The van der Waals surface area contributed by atoms with Gasteiger partial charge >= 0.3 is 0 Å². The van der Waals surface area contributed by atoms with Gasteiger partial charge in [0.15, 0.2) is 0 Å². The molecule has 0 aliphatic carbocycles. The number of pyridine rings is 3. The van der Waals surface area contributed by atoms with E-state index in [1.807, 2.05) is 26.0 Å². The van der Waals surface area contributed by atoms with E-state index < -0.39 is 0 Å². The maximum Gasteiger partial charge on any atom is 0.252 e. The molecule has 1 aliphatic rings. The zero-order valence-electron chi connectivity index (χ0n) is 19.5. The molecule has 33 heavy (non-hydrogen) atoms. The van der Waals surface area contributed by atoms with Gasteiger partial charge in [0.1, 0.15) is 29.1 Å². The highest BCUT2D eigenvalue weighted by Crippen LogP contribution is 2.31. The predicted octanol–water partition coefficient (Wildman–Crippen LogP) is 3.67. The Morgan fingerprint density at radius 2 is 2.09 bits per heavy atom. The van der Waals surface area contributed by atoms with E-state index in [1.54, 1.807) is 36.0 Å². The summed E-state index contributed by atoms with van der Waals surface area (Å²) in [6, 6.07) is 10.9. The highest BCUT2D eigenvalue weighted by Gasteiger charge is 2.31. The molecule has 1 fully saturated rings. The fourth-order valence-corrected chi connectivity index (χ4v) is 4.33. The molecule has 8 heteroatoms. The zero-order chi connectivity index (χ0) is 23.5. The Kier molecular flexibility index (Phi) is 6.50. The largest absolute Gasteiger partial charge is 0.489 e. The van der Waals surface area contributed by atoms with Crippen molar-refractivity contribution in [2.75, 3.05) is 18.0 Å². The van der Waals surface area contributed by atoms with Crippen molar-refractivity contribution in [2.24, 2.45) is 13.0 Å². The standard InChI is InChI=1S/C25H29N5O3/c1-5-17-15-30(11-10-22(17)33-23-9-7-19(14-27-23)32-16(2)3)21-12-24(31)29(4)20-8-6-18(13-26)28-25(20)21/h6-9,12,14,16-17,22H,5,10-11,15H2,1-4H3/t17-,22+/m1/s1. The normalized spacial score (nSPS) is 18.4. The molecule has 0 spiro atoms. The number of fused-ring (bicyclic) bond motifs is 1. The van der Waals surface area contributed by atoms with Gasteiger partial charge < -0.3 is 18.9 Å². The van der Waals surface area contributed by atoms with Crippen LogP contribution in [0.4, 0.5) is 5.69 Å². The first-order valence-electron chi connectivity index (χ1n) is 11.3. The number of rotatable bonds is 6. The summed E-state index contributed by atoms with van der Waals surface area (Å²) in [4.78, 5) is 23.7. The van der Waals surface area contributed by atoms with Gasteiger partial charge in [0.05, 0.1) is 23.5 Å². The summed E-state index contributed by atoms with van der Waals surface area (Å²) in [6.07, 6.45) is 3.53. The molecule has 2 atom stereocenters. The van der Waals surface area contributed by atoms with Gasteiger partial charge in [0.25, 0.3) is 5.56 Å². The van der Waals surface area contributed by atoms with Crippen molar-refractivity contribution in [3.05, 3.63) is 52.6 Å². The number of anilines is 1. The Morgan fingerprint density at radius 1 is 1.27 bits per heavy atom. The lowest BCUT2D eigenvalue weighted by Crippen LogP contribution is -2.46. The first-order valence-corrected chi connectivity index (χ1v) is 11.3. The number of piperidine rings is 1. The van der Waals surface area contributed by atoms with Crippen LogP contribution in [0, 0.1) is 17.2 Å². The first kappa shape index (κ1) is 22.6. The van der Waals surface area contributed by atoms with E-state index in [9.17, 15) is 10.1 Å². The van der Waals surface area contributed by atoms with Gasteiger partial charge in [-0.05, 0) is 38.5 Å². The molecular weight excluding hydrogens is 418 g/mol. The van der Waals surface area contributed by atoms with Gasteiger partial charge in [0, 0.05) is 44.6 Å². The molecular formula is C25H29N5O3. The average Bonchev–Trinajstić information content (AvgIpc) is 2.82. The van der Waals surface area contributed by atoms with E-state index in [4.69, 9.17) is 9.47 Å². The smallest absolute Gasteiger partial charge is 0.252 e. The van der Waals surface area contributed by atoms with Crippen LogP contribution < -0.4 is 19.9 Å². The second-order valence-electron chi connectivity index (χ2n) is 8.66. The van der Waals surface area contributed by atoms with Crippen LogP contribution in [0.1, 0.15) is 39.3 Å². The summed E-state index contributed by atoms with van der Waals surface area (Å²) in [7, 11) is 1.72. The van der Waals surface area contributed by atoms with E-state index >= 15 is 0 Å². The third kappa shape index (κ3) is 4.77. The van der Waals surface area contributed by atoms with Crippen molar-refractivity contribution in [3.8, 4) is 17.7 Å². The van der Waals surface area contributed by atoms with Crippen LogP contribution in [-0.4, -0.2) is 39.8 Å². The number of nitriles is 1. The summed E-state index contributed by atoms with van der Waals surface area (Å²) < 4.78 is 13.5. The number of hydrogen-bond donors (Lipinski definition) is 0. The first-order chi connectivity index (χ1) is 15.9. The minimum atomic E-state index is -0.0941. The molecule has 1 saturated heterocycles. The number of nitrogens with zero attached hydrogens (tertiary/aromatic N) is 5. The third-order valence-corrected chi connectivity index (χ3v) is 6.07. The highest BCUT2D eigenvalue weighted by molar-refractivity contribution is 5.88. The molecule has 3 aromatic rings. The van der Waals surface area contributed by atoms with E-state index in [-0.39, 0.29) is 23.7 Å². The SMILES string of the molecule is CC[C@@H]1CN(c2cc(=O)n(C)c3ccc(C#N)nc23)CC[C@@H]1Oc1ccc(OC(C)C)cn1. The minimum Gasteiger partial charge on any atom is -0.489 e. The Labute approximate surface area is 193 Å². The fraction of sp³-hybridized carbons (Fsp3) is 0.440. The second-order valence-corrected chi connectivity index (χ2v) is 8.66. The van der Waals surface area contributed by atoms with Gasteiger partial charge in [0.2, 0.25) is 5.88 Å². The summed E-state index contributed by atoms with van der Waals surface area (Å²) in [5, 5.41) is 9.31. The van der Waals surface area contributed by atoms with Gasteiger partial charge in [-0.3, -0.25) is 4.79 Å². The van der Waals surface area contributed by atoms with Crippen molar-refractivity contribution in [1.29, 1.82) is 5.26 Å². The third-order valence-electron chi connectivity index (χ3n) is 6.07. The predicted molar refractivity (Wildman–Crippen MR) is 127 cm³/mol. The van der Waals surface area contributed by atoms with Crippen LogP contribution in [0.15, 0.2) is 41.3 Å². The monoisotopic (exact) mass is 447 g/mol. The van der Waals surface area contributed by atoms with E-state index in [1.165, 1.54) is 0 Å². The van der Waals surface area contributed by atoms with Crippen LogP contribution in [0.5, 0.6) is 11.6 Å². The maximum absolute atomic E-state index is 12.6. The number of aryl methyl sites for hydroxylation is 1. The summed E-state index contributed by atoms with van der Waals surface area (Å²) >= 11 is 0. The van der Waals surface area contributed by atoms with Crippen LogP contribution in [0.3, 0.4) is 0 Å². The Bertz CT molecular complexity index is 1230. The molecule has 172 valence electrons. The summed E-state index contributed by atoms with van der Waals surface area (Å²) in [5.74, 6) is 1.56. The molecule has 0 radical (unpaired) electrons. The van der Waals surface area contributed by atoms with Gasteiger partial charge in [-0.15, -0.1) is 0 Å². The Morgan fingerprint density at radius 3 is 2.76 bits per heavy atom. The number of aromatic nitrogens is 3. The lowest BCUT2D eigenvalue weighted by atomic mass is 9.91. The maximum atomic E-state index is 12.6. The topological polar surface area (TPSA) is 93.3 Å². The van der Waals surface area contributed by atoms with Gasteiger partial charge in [-0.1, -0.05) is 6.92 Å². The molecule has 0 amide bonds.